The molecule has 0 unspecified atom stereocenters. The number of thiophene rings is 1. The molecule has 3 heterocycles. The Balaban J connectivity index is 1.51. The van der Waals surface area contributed by atoms with Crippen LogP contribution in [0.25, 0.3) is 0 Å². The van der Waals surface area contributed by atoms with Gasteiger partial charge in [0.15, 0.2) is 0 Å². The van der Waals surface area contributed by atoms with Crippen molar-refractivity contribution in [3.63, 3.8) is 0 Å². The molecule has 6 nitrogen and oxygen atoms in total. The fourth-order valence-electron chi connectivity index (χ4n) is 5.51. The summed E-state index contributed by atoms with van der Waals surface area (Å²) in [5.74, 6) is -0.486. The molecule has 2 aromatic rings. The van der Waals surface area contributed by atoms with Crippen LogP contribution in [0.1, 0.15) is 71.8 Å². The van der Waals surface area contributed by atoms with E-state index < -0.39 is 5.92 Å². The molecule has 1 fully saturated rings. The van der Waals surface area contributed by atoms with Gasteiger partial charge in [0.25, 0.3) is 5.91 Å². The highest BCUT2D eigenvalue weighted by Crippen LogP contribution is 2.44. The van der Waals surface area contributed by atoms with E-state index in [1.54, 1.807) is 18.4 Å². The van der Waals surface area contributed by atoms with Crippen molar-refractivity contribution < 1.29 is 14.3 Å². The maximum absolute atomic E-state index is 13.7. The zero-order chi connectivity index (χ0) is 23.9. The minimum Gasteiger partial charge on any atom is -0.383 e. The van der Waals surface area contributed by atoms with Crippen LogP contribution >= 0.6 is 11.3 Å². The molecule has 0 spiro atoms. The van der Waals surface area contributed by atoms with E-state index in [9.17, 15) is 9.59 Å². The topological polar surface area (TPSA) is 61.9 Å². The Morgan fingerprint density at radius 3 is 2.79 bits per heavy atom. The fourth-order valence-corrected chi connectivity index (χ4v) is 6.38. The number of amides is 2. The van der Waals surface area contributed by atoms with E-state index in [1.165, 1.54) is 32.2 Å². The monoisotopic (exact) mass is 483 g/mol. The minimum absolute atomic E-state index is 0.00791. The van der Waals surface area contributed by atoms with Crippen molar-refractivity contribution in [2.75, 3.05) is 39.9 Å². The number of carbonyl (C=O) groups excluding carboxylic acids is 2. The summed E-state index contributed by atoms with van der Waals surface area (Å²) in [5.41, 5.74) is 1.44. The van der Waals surface area contributed by atoms with Crippen LogP contribution in [0.4, 0.5) is 0 Å². The molecule has 0 saturated carbocycles. The highest BCUT2D eigenvalue weighted by Gasteiger charge is 2.44. The van der Waals surface area contributed by atoms with E-state index in [0.29, 0.717) is 31.3 Å². The highest BCUT2D eigenvalue weighted by molar-refractivity contribution is 7.10. The summed E-state index contributed by atoms with van der Waals surface area (Å²) in [7, 11) is 1.64. The van der Waals surface area contributed by atoms with Gasteiger partial charge in [-0.15, -0.1) is 11.3 Å². The molecule has 0 bridgehead atoms. The van der Waals surface area contributed by atoms with Crippen molar-refractivity contribution in [3.05, 3.63) is 57.8 Å². The lowest BCUT2D eigenvalue weighted by molar-refractivity contribution is -0.124. The average molecular weight is 484 g/mol. The summed E-state index contributed by atoms with van der Waals surface area (Å²) >= 11 is 1.59. The van der Waals surface area contributed by atoms with Crippen LogP contribution in [-0.4, -0.2) is 67.6 Å². The third-order valence-electron chi connectivity index (χ3n) is 7.23. The first kappa shape index (κ1) is 24.9. The third-order valence-corrected chi connectivity index (χ3v) is 8.18. The van der Waals surface area contributed by atoms with Gasteiger partial charge in [0.05, 0.1) is 18.6 Å². The number of hydrogen-bond acceptors (Lipinski definition) is 5. The van der Waals surface area contributed by atoms with Crippen LogP contribution < -0.4 is 5.32 Å². The number of likely N-dealkylation sites (tertiary alicyclic amines) is 1. The molecule has 1 aromatic carbocycles. The van der Waals surface area contributed by atoms with Gasteiger partial charge in [-0.25, -0.2) is 0 Å². The van der Waals surface area contributed by atoms with Crippen molar-refractivity contribution in [1.82, 2.24) is 15.1 Å². The maximum atomic E-state index is 13.7. The minimum atomic E-state index is -0.442. The lowest BCUT2D eigenvalue weighted by atomic mass is 9.81. The van der Waals surface area contributed by atoms with Gasteiger partial charge < -0.3 is 19.9 Å². The van der Waals surface area contributed by atoms with Crippen LogP contribution in [0.15, 0.2) is 41.8 Å². The van der Waals surface area contributed by atoms with Crippen molar-refractivity contribution in [2.45, 2.75) is 57.0 Å². The second-order valence-corrected chi connectivity index (χ2v) is 10.2. The molecule has 184 valence electrons. The van der Waals surface area contributed by atoms with Gasteiger partial charge in [-0.05, 0) is 55.3 Å². The van der Waals surface area contributed by atoms with Crippen LogP contribution in [0.3, 0.4) is 0 Å². The summed E-state index contributed by atoms with van der Waals surface area (Å²) in [5, 5.41) is 5.23. The number of fused-ring (bicyclic) bond motifs is 1. The predicted molar refractivity (Wildman–Crippen MR) is 136 cm³/mol. The van der Waals surface area contributed by atoms with Gasteiger partial charge in [-0.1, -0.05) is 37.6 Å². The first-order valence-corrected chi connectivity index (χ1v) is 13.5. The van der Waals surface area contributed by atoms with E-state index >= 15 is 0 Å². The van der Waals surface area contributed by atoms with E-state index in [4.69, 9.17) is 4.74 Å². The molecule has 2 amide bonds. The molecule has 34 heavy (non-hydrogen) atoms. The molecule has 1 aromatic heterocycles. The number of piperidine rings is 1. The second kappa shape index (κ2) is 12.0. The number of methoxy groups -OCH3 is 1. The number of ether oxygens (including phenoxy) is 1. The molecule has 0 aliphatic carbocycles. The number of nitrogens with zero attached hydrogens (tertiary/aromatic N) is 2. The second-order valence-electron chi connectivity index (χ2n) is 9.25. The SMILES string of the molecule is CC[C@@H]1CCCCN1CCCNC(=O)[C@H]1c2ccccc2C(=O)N(CCOC)[C@H]1c1cccs1. The number of nitrogens with one attached hydrogen (secondary N) is 1. The average Bonchev–Trinajstić information content (AvgIpc) is 3.40. The normalized spacial score (nSPS) is 23.1. The standard InChI is InChI=1S/C27H37N3O3S/c1-3-20-10-6-7-15-29(20)16-9-14-28-26(31)24-21-11-4-5-12-22(21)27(32)30(17-18-33-2)25(24)23-13-8-19-34-23/h4-5,8,11-13,19-20,24-25H,3,6-7,9-10,14-18H2,1-2H3,(H,28,31)/t20-,24+,25+/m1/s1. The van der Waals surface area contributed by atoms with E-state index in [2.05, 4.69) is 17.1 Å². The molecule has 2 aliphatic heterocycles. The summed E-state index contributed by atoms with van der Waals surface area (Å²) in [6.07, 6.45) is 6.02. The van der Waals surface area contributed by atoms with E-state index in [1.807, 2.05) is 46.7 Å². The van der Waals surface area contributed by atoms with Crippen molar-refractivity contribution in [2.24, 2.45) is 0 Å². The van der Waals surface area contributed by atoms with Crippen molar-refractivity contribution >= 4 is 23.2 Å². The third kappa shape index (κ3) is 5.37. The number of rotatable bonds is 10. The Labute approximate surface area is 207 Å². The first-order chi connectivity index (χ1) is 16.7. The quantitative estimate of drug-likeness (QED) is 0.508. The Bertz CT molecular complexity index is 948. The lowest BCUT2D eigenvalue weighted by Gasteiger charge is -2.41. The largest absolute Gasteiger partial charge is 0.383 e. The summed E-state index contributed by atoms with van der Waals surface area (Å²) in [6, 6.07) is 11.9. The van der Waals surface area contributed by atoms with Gasteiger partial charge >= 0.3 is 0 Å². The predicted octanol–water partition coefficient (Wildman–Crippen LogP) is 4.45. The summed E-state index contributed by atoms with van der Waals surface area (Å²) < 4.78 is 5.30. The van der Waals surface area contributed by atoms with Crippen LogP contribution in [0, 0.1) is 0 Å². The molecule has 0 radical (unpaired) electrons. The zero-order valence-corrected chi connectivity index (χ0v) is 21.2. The number of benzene rings is 1. The van der Waals surface area contributed by atoms with E-state index in [-0.39, 0.29) is 17.9 Å². The summed E-state index contributed by atoms with van der Waals surface area (Å²) in [6.45, 7) is 5.98. The van der Waals surface area contributed by atoms with Gasteiger partial charge in [0, 0.05) is 43.2 Å². The number of hydrogen-bond donors (Lipinski definition) is 1. The fraction of sp³-hybridized carbons (Fsp3) is 0.556. The van der Waals surface area contributed by atoms with Gasteiger partial charge in [-0.2, -0.15) is 0 Å². The van der Waals surface area contributed by atoms with Crippen molar-refractivity contribution in [3.8, 4) is 0 Å². The van der Waals surface area contributed by atoms with Gasteiger partial charge in [-0.3, -0.25) is 9.59 Å². The first-order valence-electron chi connectivity index (χ1n) is 12.6. The molecule has 3 atom stereocenters. The van der Waals surface area contributed by atoms with Gasteiger partial charge in [0.1, 0.15) is 0 Å². The zero-order valence-electron chi connectivity index (χ0n) is 20.4. The number of carbonyl (C=O) groups is 2. The Hall–Kier alpha value is -2.22. The molecule has 1 N–H and O–H groups in total. The molecular weight excluding hydrogens is 446 g/mol. The maximum Gasteiger partial charge on any atom is 0.254 e. The van der Waals surface area contributed by atoms with Crippen LogP contribution in [0.2, 0.25) is 0 Å². The molecule has 2 aliphatic rings. The molecule has 1 saturated heterocycles. The van der Waals surface area contributed by atoms with Crippen LogP contribution in [0.5, 0.6) is 0 Å². The van der Waals surface area contributed by atoms with Crippen molar-refractivity contribution in [1.29, 1.82) is 0 Å². The van der Waals surface area contributed by atoms with E-state index in [0.717, 1.165) is 23.4 Å². The lowest BCUT2D eigenvalue weighted by Crippen LogP contribution is -2.48. The highest BCUT2D eigenvalue weighted by atomic mass is 32.1. The molecule has 7 heteroatoms. The Morgan fingerprint density at radius 2 is 2.03 bits per heavy atom. The van der Waals surface area contributed by atoms with Crippen LogP contribution in [-0.2, 0) is 9.53 Å². The Kier molecular flexibility index (Phi) is 8.75. The molecule has 4 rings (SSSR count). The van der Waals surface area contributed by atoms with Gasteiger partial charge in [0.2, 0.25) is 5.91 Å². The molecular formula is C27H37N3O3S. The smallest absolute Gasteiger partial charge is 0.254 e. The summed E-state index contributed by atoms with van der Waals surface area (Å²) in [4.78, 5) is 32.5. The Morgan fingerprint density at radius 1 is 1.18 bits per heavy atom.